The molecule has 26 heavy (non-hydrogen) atoms. The lowest BCUT2D eigenvalue weighted by Gasteiger charge is -2.20. The van der Waals surface area contributed by atoms with E-state index in [1.807, 2.05) is 13.0 Å². The van der Waals surface area contributed by atoms with Crippen LogP contribution in [0.5, 0.6) is 5.75 Å². The van der Waals surface area contributed by atoms with Crippen LogP contribution in [0.2, 0.25) is 0 Å². The van der Waals surface area contributed by atoms with Crippen molar-refractivity contribution in [2.75, 3.05) is 0 Å². The number of nitrogens with zero attached hydrogens (tertiary/aromatic N) is 1. The lowest BCUT2D eigenvalue weighted by molar-refractivity contribution is -0.253. The van der Waals surface area contributed by atoms with Crippen molar-refractivity contribution in [1.29, 1.82) is 0 Å². The maximum Gasteiger partial charge on any atom is 0.461 e. The SMILES string of the molecule is Cc1cccnc1C[C@H](C)NC(=O)c1ccccc1OC(F)(F)C(F)F. The molecule has 0 aliphatic heterocycles. The highest BCUT2D eigenvalue weighted by Gasteiger charge is 2.44. The number of amides is 1. The van der Waals surface area contributed by atoms with Crippen molar-refractivity contribution in [2.45, 2.75) is 38.8 Å². The van der Waals surface area contributed by atoms with Gasteiger partial charge < -0.3 is 10.1 Å². The van der Waals surface area contributed by atoms with Gasteiger partial charge in [0.1, 0.15) is 5.75 Å². The third-order valence-corrected chi connectivity index (χ3v) is 3.63. The van der Waals surface area contributed by atoms with Crippen LogP contribution in [0.15, 0.2) is 42.6 Å². The maximum atomic E-state index is 13.2. The lowest BCUT2D eigenvalue weighted by Crippen LogP contribution is -2.37. The number of ether oxygens (including phenoxy) is 1. The van der Waals surface area contributed by atoms with E-state index in [0.717, 1.165) is 17.3 Å². The van der Waals surface area contributed by atoms with Crippen LogP contribution in [0.25, 0.3) is 0 Å². The first-order valence-corrected chi connectivity index (χ1v) is 7.86. The summed E-state index contributed by atoms with van der Waals surface area (Å²) in [6.07, 6.45) is -6.64. The molecule has 1 heterocycles. The molecule has 1 amide bonds. The van der Waals surface area contributed by atoms with Crippen molar-refractivity contribution in [1.82, 2.24) is 10.3 Å². The topological polar surface area (TPSA) is 51.2 Å². The van der Waals surface area contributed by atoms with Gasteiger partial charge in [0.2, 0.25) is 0 Å². The Morgan fingerprint density at radius 3 is 2.58 bits per heavy atom. The Balaban J connectivity index is 2.11. The van der Waals surface area contributed by atoms with Crippen LogP contribution in [-0.2, 0) is 6.42 Å². The number of hydrogen-bond donors (Lipinski definition) is 1. The minimum atomic E-state index is -4.69. The lowest BCUT2D eigenvalue weighted by atomic mass is 10.1. The molecule has 0 saturated carbocycles. The molecule has 2 rings (SSSR count). The molecule has 0 fully saturated rings. The van der Waals surface area contributed by atoms with E-state index in [2.05, 4.69) is 15.0 Å². The standard InChI is InChI=1S/C18H18F4N2O2/c1-11-6-5-9-23-14(11)10-12(2)24-16(25)13-7-3-4-8-15(13)26-18(21,22)17(19)20/h3-9,12,17H,10H2,1-2H3,(H,24,25)/t12-/m0/s1. The summed E-state index contributed by atoms with van der Waals surface area (Å²) in [5.41, 5.74) is 1.49. The van der Waals surface area contributed by atoms with E-state index in [-0.39, 0.29) is 11.6 Å². The Hall–Kier alpha value is -2.64. The molecular weight excluding hydrogens is 352 g/mol. The Morgan fingerprint density at radius 1 is 1.23 bits per heavy atom. The number of aromatic nitrogens is 1. The number of benzene rings is 1. The van der Waals surface area contributed by atoms with Crippen molar-refractivity contribution >= 4 is 5.91 Å². The van der Waals surface area contributed by atoms with Gasteiger partial charge in [0.05, 0.1) is 5.56 Å². The van der Waals surface area contributed by atoms with Crippen LogP contribution >= 0.6 is 0 Å². The second-order valence-corrected chi connectivity index (χ2v) is 5.81. The molecule has 0 aliphatic rings. The van der Waals surface area contributed by atoms with E-state index in [4.69, 9.17) is 0 Å². The van der Waals surface area contributed by atoms with Crippen molar-refractivity contribution in [3.63, 3.8) is 0 Å². The minimum Gasteiger partial charge on any atom is -0.427 e. The second kappa shape index (κ2) is 8.16. The number of para-hydroxylation sites is 1. The van der Waals surface area contributed by atoms with Gasteiger partial charge in [-0.15, -0.1) is 0 Å². The van der Waals surface area contributed by atoms with E-state index < -0.39 is 24.2 Å². The monoisotopic (exact) mass is 370 g/mol. The van der Waals surface area contributed by atoms with Crippen molar-refractivity contribution < 1.29 is 27.1 Å². The van der Waals surface area contributed by atoms with Crippen LogP contribution in [0.1, 0.15) is 28.5 Å². The van der Waals surface area contributed by atoms with E-state index in [0.29, 0.717) is 6.42 Å². The molecule has 0 saturated heterocycles. The molecule has 0 unspecified atom stereocenters. The number of aryl methyl sites for hydroxylation is 1. The Bertz CT molecular complexity index is 768. The number of halogens is 4. The molecular formula is C18H18F4N2O2. The van der Waals surface area contributed by atoms with Crippen LogP contribution in [0, 0.1) is 6.92 Å². The number of alkyl halides is 4. The Kier molecular flexibility index (Phi) is 6.18. The number of hydrogen-bond acceptors (Lipinski definition) is 3. The van der Waals surface area contributed by atoms with E-state index in [1.54, 1.807) is 19.2 Å². The molecule has 0 radical (unpaired) electrons. The summed E-state index contributed by atoms with van der Waals surface area (Å²) >= 11 is 0. The summed E-state index contributed by atoms with van der Waals surface area (Å²) < 4.78 is 55.1. The Morgan fingerprint density at radius 2 is 1.92 bits per heavy atom. The van der Waals surface area contributed by atoms with Gasteiger partial charge >= 0.3 is 12.5 Å². The number of rotatable bonds is 7. The first-order valence-electron chi connectivity index (χ1n) is 7.86. The van der Waals surface area contributed by atoms with E-state index >= 15 is 0 Å². The fourth-order valence-corrected chi connectivity index (χ4v) is 2.31. The van der Waals surface area contributed by atoms with Crippen molar-refractivity contribution in [2.24, 2.45) is 0 Å². The maximum absolute atomic E-state index is 13.2. The number of carbonyl (C=O) groups excluding carboxylic acids is 1. The Labute approximate surface area is 148 Å². The van der Waals surface area contributed by atoms with Crippen LogP contribution < -0.4 is 10.1 Å². The van der Waals surface area contributed by atoms with Gasteiger partial charge in [0.15, 0.2) is 0 Å². The summed E-state index contributed by atoms with van der Waals surface area (Å²) in [6.45, 7) is 3.61. The molecule has 1 atom stereocenters. The summed E-state index contributed by atoms with van der Waals surface area (Å²) in [5, 5.41) is 2.64. The van der Waals surface area contributed by atoms with Crippen LogP contribution in [-0.4, -0.2) is 29.5 Å². The van der Waals surface area contributed by atoms with Gasteiger partial charge in [-0.25, -0.2) is 0 Å². The molecule has 4 nitrogen and oxygen atoms in total. The second-order valence-electron chi connectivity index (χ2n) is 5.81. The molecule has 1 aromatic heterocycles. The molecule has 8 heteroatoms. The summed E-state index contributed by atoms with van der Waals surface area (Å²) in [5.74, 6) is -1.32. The number of carbonyl (C=O) groups is 1. The first-order chi connectivity index (χ1) is 12.2. The predicted molar refractivity (Wildman–Crippen MR) is 87.6 cm³/mol. The van der Waals surface area contributed by atoms with Crippen molar-refractivity contribution in [3.8, 4) is 5.75 Å². The molecule has 140 valence electrons. The van der Waals surface area contributed by atoms with Gasteiger partial charge in [0, 0.05) is 24.4 Å². The van der Waals surface area contributed by atoms with E-state index in [9.17, 15) is 22.4 Å². The zero-order valence-corrected chi connectivity index (χ0v) is 14.2. The largest absolute Gasteiger partial charge is 0.461 e. The highest BCUT2D eigenvalue weighted by Crippen LogP contribution is 2.29. The number of nitrogens with one attached hydrogen (secondary N) is 1. The summed E-state index contributed by atoms with van der Waals surface area (Å²) in [6, 6.07) is 8.32. The molecule has 2 aromatic rings. The van der Waals surface area contributed by atoms with Gasteiger partial charge in [-0.3, -0.25) is 9.78 Å². The van der Waals surface area contributed by atoms with Gasteiger partial charge in [-0.2, -0.15) is 17.6 Å². The zero-order valence-electron chi connectivity index (χ0n) is 14.2. The highest BCUT2D eigenvalue weighted by atomic mass is 19.3. The third-order valence-electron chi connectivity index (χ3n) is 3.63. The zero-order chi connectivity index (χ0) is 19.3. The quantitative estimate of drug-likeness (QED) is 0.750. The highest BCUT2D eigenvalue weighted by molar-refractivity contribution is 5.97. The average molecular weight is 370 g/mol. The molecule has 1 aromatic carbocycles. The molecule has 0 spiro atoms. The smallest absolute Gasteiger partial charge is 0.427 e. The third kappa shape index (κ3) is 4.93. The minimum absolute atomic E-state index is 0.252. The number of pyridine rings is 1. The fourth-order valence-electron chi connectivity index (χ4n) is 2.31. The van der Waals surface area contributed by atoms with Gasteiger partial charge in [-0.05, 0) is 37.6 Å². The van der Waals surface area contributed by atoms with Crippen LogP contribution in [0.3, 0.4) is 0 Å². The molecule has 1 N–H and O–H groups in total. The molecule has 0 bridgehead atoms. The molecule has 0 aliphatic carbocycles. The van der Waals surface area contributed by atoms with Crippen LogP contribution in [0.4, 0.5) is 17.6 Å². The summed E-state index contributed by atoms with van der Waals surface area (Å²) in [7, 11) is 0. The van der Waals surface area contributed by atoms with Crippen molar-refractivity contribution in [3.05, 3.63) is 59.4 Å². The predicted octanol–water partition coefficient (Wildman–Crippen LogP) is 3.99. The fraction of sp³-hybridized carbons (Fsp3) is 0.333. The average Bonchev–Trinajstić information content (AvgIpc) is 2.57. The normalized spacial score (nSPS) is 12.7. The summed E-state index contributed by atoms with van der Waals surface area (Å²) in [4.78, 5) is 16.6. The van der Waals surface area contributed by atoms with Gasteiger partial charge in [0.25, 0.3) is 5.91 Å². The first kappa shape index (κ1) is 19.7. The van der Waals surface area contributed by atoms with E-state index in [1.165, 1.54) is 18.2 Å². The van der Waals surface area contributed by atoms with Gasteiger partial charge in [-0.1, -0.05) is 18.2 Å².